The van der Waals surface area contributed by atoms with Crippen molar-refractivity contribution in [2.24, 2.45) is 0 Å². The van der Waals surface area contributed by atoms with Crippen LogP contribution >= 0.6 is 11.6 Å². The monoisotopic (exact) mass is 264 g/mol. The fourth-order valence-electron chi connectivity index (χ4n) is 1.48. The van der Waals surface area contributed by atoms with Crippen LogP contribution in [0.4, 0.5) is 15.8 Å². The first-order valence-corrected chi connectivity index (χ1v) is 5.55. The van der Waals surface area contributed by atoms with Gasteiger partial charge in [-0.15, -0.1) is 0 Å². The molecule has 0 saturated carbocycles. The lowest BCUT2D eigenvalue weighted by atomic mass is 10.2. The van der Waals surface area contributed by atoms with Gasteiger partial charge in [-0.2, -0.15) is 0 Å². The van der Waals surface area contributed by atoms with E-state index in [9.17, 15) is 9.18 Å². The van der Waals surface area contributed by atoms with Gasteiger partial charge in [0.05, 0.1) is 0 Å². The van der Waals surface area contributed by atoms with E-state index in [4.69, 9.17) is 17.3 Å². The second-order valence-corrected chi connectivity index (χ2v) is 4.17. The highest BCUT2D eigenvalue weighted by Crippen LogP contribution is 2.18. The molecule has 0 aromatic heterocycles. The van der Waals surface area contributed by atoms with Crippen molar-refractivity contribution in [3.8, 4) is 0 Å². The molecule has 92 valence electrons. The molecule has 18 heavy (non-hydrogen) atoms. The SMILES string of the molecule is Nc1cc(Cl)cc(C(=O)Nc2ccc(F)cc2)c1. The van der Waals surface area contributed by atoms with Crippen molar-refractivity contribution in [1.82, 2.24) is 0 Å². The molecule has 3 nitrogen and oxygen atoms in total. The molecular formula is C13H10ClFN2O. The Hall–Kier alpha value is -2.07. The van der Waals surface area contributed by atoms with E-state index in [1.807, 2.05) is 0 Å². The van der Waals surface area contributed by atoms with Gasteiger partial charge < -0.3 is 11.1 Å². The molecule has 0 unspecified atom stereocenters. The maximum Gasteiger partial charge on any atom is 0.255 e. The van der Waals surface area contributed by atoms with Gasteiger partial charge in [0.15, 0.2) is 0 Å². The van der Waals surface area contributed by atoms with Gasteiger partial charge in [-0.25, -0.2) is 4.39 Å². The summed E-state index contributed by atoms with van der Waals surface area (Å²) in [5.74, 6) is -0.712. The van der Waals surface area contributed by atoms with E-state index in [0.29, 0.717) is 22.0 Å². The molecule has 0 aliphatic heterocycles. The van der Waals surface area contributed by atoms with Crippen LogP contribution in [0.1, 0.15) is 10.4 Å². The first kappa shape index (κ1) is 12.4. The second-order valence-electron chi connectivity index (χ2n) is 3.73. The third kappa shape index (κ3) is 2.99. The molecule has 1 amide bonds. The quantitative estimate of drug-likeness (QED) is 0.818. The van der Waals surface area contributed by atoms with Gasteiger partial charge in [-0.3, -0.25) is 4.79 Å². The van der Waals surface area contributed by atoms with Gasteiger partial charge in [-0.1, -0.05) is 11.6 Å². The van der Waals surface area contributed by atoms with Crippen LogP contribution in [0.15, 0.2) is 42.5 Å². The Morgan fingerprint density at radius 1 is 1.17 bits per heavy atom. The standard InChI is InChI=1S/C13H10ClFN2O/c14-9-5-8(6-11(16)7-9)13(18)17-12-3-1-10(15)2-4-12/h1-7H,16H2,(H,17,18). The molecule has 0 aliphatic carbocycles. The number of nitrogens with two attached hydrogens (primary N) is 1. The molecule has 5 heteroatoms. The zero-order chi connectivity index (χ0) is 13.1. The Kier molecular flexibility index (Phi) is 3.48. The number of halogens is 2. The minimum atomic E-state index is -0.361. The fraction of sp³-hybridized carbons (Fsp3) is 0. The zero-order valence-corrected chi connectivity index (χ0v) is 10.0. The van der Waals surface area contributed by atoms with Crippen LogP contribution in [-0.4, -0.2) is 5.91 Å². The van der Waals surface area contributed by atoms with Crippen LogP contribution in [0, 0.1) is 5.82 Å². The van der Waals surface area contributed by atoms with Crippen molar-refractivity contribution in [3.63, 3.8) is 0 Å². The Labute approximate surface area is 108 Å². The average Bonchev–Trinajstić information content (AvgIpc) is 2.31. The van der Waals surface area contributed by atoms with Crippen molar-refractivity contribution in [3.05, 3.63) is 58.9 Å². The third-order valence-corrected chi connectivity index (χ3v) is 2.50. The summed E-state index contributed by atoms with van der Waals surface area (Å²) >= 11 is 5.81. The summed E-state index contributed by atoms with van der Waals surface area (Å²) in [4.78, 5) is 11.9. The van der Waals surface area contributed by atoms with E-state index in [2.05, 4.69) is 5.32 Å². The number of hydrogen-bond donors (Lipinski definition) is 2. The fourth-order valence-corrected chi connectivity index (χ4v) is 1.72. The summed E-state index contributed by atoms with van der Waals surface area (Å²) in [6.07, 6.45) is 0. The van der Waals surface area contributed by atoms with Gasteiger partial charge in [0.2, 0.25) is 0 Å². The Morgan fingerprint density at radius 2 is 1.83 bits per heavy atom. The summed E-state index contributed by atoms with van der Waals surface area (Å²) in [5, 5.41) is 3.01. The van der Waals surface area contributed by atoms with Gasteiger partial charge in [0.25, 0.3) is 5.91 Å². The zero-order valence-electron chi connectivity index (χ0n) is 9.28. The molecule has 0 bridgehead atoms. The van der Waals surface area contributed by atoms with E-state index in [1.165, 1.54) is 36.4 Å². The summed E-state index contributed by atoms with van der Waals surface area (Å²) in [7, 11) is 0. The van der Waals surface area contributed by atoms with E-state index in [0.717, 1.165) is 0 Å². The first-order valence-electron chi connectivity index (χ1n) is 5.17. The maximum absolute atomic E-state index is 12.7. The molecule has 2 aromatic rings. The number of rotatable bonds is 2. The predicted octanol–water partition coefficient (Wildman–Crippen LogP) is 3.31. The normalized spacial score (nSPS) is 10.1. The van der Waals surface area contributed by atoms with Crippen molar-refractivity contribution in [2.45, 2.75) is 0 Å². The highest BCUT2D eigenvalue weighted by molar-refractivity contribution is 6.31. The van der Waals surface area contributed by atoms with E-state index < -0.39 is 0 Å². The van der Waals surface area contributed by atoms with Gasteiger partial charge in [-0.05, 0) is 42.5 Å². The Bertz CT molecular complexity index is 564. The molecular weight excluding hydrogens is 255 g/mol. The lowest BCUT2D eigenvalue weighted by Gasteiger charge is -2.06. The second kappa shape index (κ2) is 5.06. The molecule has 0 heterocycles. The smallest absolute Gasteiger partial charge is 0.255 e. The number of nitrogens with one attached hydrogen (secondary N) is 1. The van der Waals surface area contributed by atoms with Crippen molar-refractivity contribution in [1.29, 1.82) is 0 Å². The topological polar surface area (TPSA) is 55.1 Å². The van der Waals surface area contributed by atoms with Gasteiger partial charge in [0.1, 0.15) is 5.82 Å². The number of nitrogen functional groups attached to an aromatic ring is 1. The number of benzene rings is 2. The van der Waals surface area contributed by atoms with E-state index in [1.54, 1.807) is 6.07 Å². The molecule has 0 spiro atoms. The Morgan fingerprint density at radius 3 is 2.44 bits per heavy atom. The number of hydrogen-bond acceptors (Lipinski definition) is 2. The molecule has 0 fully saturated rings. The molecule has 2 aromatic carbocycles. The lowest BCUT2D eigenvalue weighted by Crippen LogP contribution is -2.12. The number of carbonyl (C=O) groups excluding carboxylic acids is 1. The average molecular weight is 265 g/mol. The molecule has 0 aliphatic rings. The number of carbonyl (C=O) groups is 1. The lowest BCUT2D eigenvalue weighted by molar-refractivity contribution is 0.102. The van der Waals surface area contributed by atoms with Crippen LogP contribution in [-0.2, 0) is 0 Å². The van der Waals surface area contributed by atoms with Crippen LogP contribution in [0.2, 0.25) is 5.02 Å². The highest BCUT2D eigenvalue weighted by atomic mass is 35.5. The van der Waals surface area contributed by atoms with Crippen LogP contribution in [0.3, 0.4) is 0 Å². The molecule has 0 saturated heterocycles. The number of anilines is 2. The molecule has 3 N–H and O–H groups in total. The summed E-state index contributed by atoms with van der Waals surface area (Å²) < 4.78 is 12.7. The van der Waals surface area contributed by atoms with Gasteiger partial charge >= 0.3 is 0 Å². The maximum atomic E-state index is 12.7. The summed E-state index contributed by atoms with van der Waals surface area (Å²) in [6.45, 7) is 0. The largest absolute Gasteiger partial charge is 0.399 e. The van der Waals surface area contributed by atoms with Crippen LogP contribution in [0.25, 0.3) is 0 Å². The predicted molar refractivity (Wildman–Crippen MR) is 70.2 cm³/mol. The minimum Gasteiger partial charge on any atom is -0.399 e. The van der Waals surface area contributed by atoms with Crippen LogP contribution in [0.5, 0.6) is 0 Å². The Balaban J connectivity index is 2.19. The summed E-state index contributed by atoms with van der Waals surface area (Å²) in [6, 6.07) is 10.1. The van der Waals surface area contributed by atoms with Crippen molar-refractivity contribution < 1.29 is 9.18 Å². The highest BCUT2D eigenvalue weighted by Gasteiger charge is 2.08. The van der Waals surface area contributed by atoms with Crippen LogP contribution < -0.4 is 11.1 Å². The van der Waals surface area contributed by atoms with Crippen molar-refractivity contribution >= 4 is 28.9 Å². The minimum absolute atomic E-state index is 0.351. The van der Waals surface area contributed by atoms with E-state index in [-0.39, 0.29) is 11.7 Å². The molecule has 2 rings (SSSR count). The third-order valence-electron chi connectivity index (χ3n) is 2.28. The number of amides is 1. The summed E-state index contributed by atoms with van der Waals surface area (Å²) in [5.41, 5.74) is 6.86. The van der Waals surface area contributed by atoms with Crippen molar-refractivity contribution in [2.75, 3.05) is 11.1 Å². The molecule has 0 radical (unpaired) electrons. The first-order chi connectivity index (χ1) is 8.54. The van der Waals surface area contributed by atoms with Gasteiger partial charge in [0, 0.05) is 22.0 Å². The molecule has 0 atom stereocenters. The van der Waals surface area contributed by atoms with E-state index >= 15 is 0 Å².